The van der Waals surface area contributed by atoms with Gasteiger partial charge in [-0.1, -0.05) is 70.7 Å². The van der Waals surface area contributed by atoms with Gasteiger partial charge in [0.05, 0.1) is 0 Å². The minimum Gasteiger partial charge on any atom is -0.207 e. The van der Waals surface area contributed by atoms with Crippen molar-refractivity contribution in [3.8, 4) is 12.8 Å². The number of rotatable bonds is 4. The molecule has 0 nitrogen and oxygen atoms in total. The first kappa shape index (κ1) is 24.7. The molecule has 164 valence electrons. The van der Waals surface area contributed by atoms with Crippen molar-refractivity contribution in [2.75, 3.05) is 0 Å². The highest BCUT2D eigenvalue weighted by molar-refractivity contribution is 5.91. The zero-order valence-electron chi connectivity index (χ0n) is 20.3. The molecule has 1 aromatic carbocycles. The molecule has 2 unspecified atom stereocenters. The van der Waals surface area contributed by atoms with Crippen LogP contribution < -0.4 is 0 Å². The third-order valence-electron chi connectivity index (χ3n) is 7.22. The van der Waals surface area contributed by atoms with E-state index in [-0.39, 0.29) is 17.2 Å². The van der Waals surface area contributed by atoms with Crippen molar-refractivity contribution in [3.63, 3.8) is 0 Å². The Labute approximate surface area is 189 Å². The zero-order valence-corrected chi connectivity index (χ0v) is 20.3. The van der Waals surface area contributed by atoms with Crippen LogP contribution in [0.1, 0.15) is 76.6 Å². The van der Waals surface area contributed by atoms with Crippen LogP contribution in [-0.4, -0.2) is 0 Å². The van der Waals surface area contributed by atoms with Gasteiger partial charge in [-0.05, 0) is 84.4 Å². The van der Waals surface area contributed by atoms with E-state index in [1.54, 1.807) is 0 Å². The van der Waals surface area contributed by atoms with E-state index in [0.717, 1.165) is 23.1 Å². The molecule has 2 aliphatic rings. The summed E-state index contributed by atoms with van der Waals surface area (Å²) < 4.78 is 15.4. The second-order valence-electron chi connectivity index (χ2n) is 9.31. The van der Waals surface area contributed by atoms with Gasteiger partial charge in [0.25, 0.3) is 0 Å². The van der Waals surface area contributed by atoms with Crippen molar-refractivity contribution in [1.82, 2.24) is 0 Å². The van der Waals surface area contributed by atoms with Crippen LogP contribution >= 0.6 is 0 Å². The fourth-order valence-corrected chi connectivity index (χ4v) is 5.42. The van der Waals surface area contributed by atoms with E-state index in [9.17, 15) is 0 Å². The summed E-state index contributed by atoms with van der Waals surface area (Å²) >= 11 is 0. The lowest BCUT2D eigenvalue weighted by molar-refractivity contribution is 0.279. The van der Waals surface area contributed by atoms with Gasteiger partial charge >= 0.3 is 0 Å². The molecule has 0 heterocycles. The second kappa shape index (κ2) is 9.27. The van der Waals surface area contributed by atoms with Crippen molar-refractivity contribution < 1.29 is 4.39 Å². The summed E-state index contributed by atoms with van der Waals surface area (Å²) in [6.07, 6.45) is 20.2. The highest BCUT2D eigenvalue weighted by atomic mass is 19.1. The predicted molar refractivity (Wildman–Crippen MR) is 135 cm³/mol. The van der Waals surface area contributed by atoms with Crippen molar-refractivity contribution in [1.29, 1.82) is 0 Å². The van der Waals surface area contributed by atoms with Crippen LogP contribution in [0.15, 0.2) is 60.0 Å². The average molecular weight is 417 g/mol. The van der Waals surface area contributed by atoms with Gasteiger partial charge in [0.15, 0.2) is 0 Å². The lowest BCUT2D eigenvalue weighted by Gasteiger charge is -2.47. The van der Waals surface area contributed by atoms with Crippen LogP contribution in [0.2, 0.25) is 0 Å². The highest BCUT2D eigenvalue weighted by Crippen LogP contribution is 2.57. The van der Waals surface area contributed by atoms with Gasteiger partial charge in [0, 0.05) is 11.0 Å². The summed E-state index contributed by atoms with van der Waals surface area (Å²) in [5, 5.41) is 0. The van der Waals surface area contributed by atoms with E-state index >= 15 is 4.39 Å². The van der Waals surface area contributed by atoms with Crippen LogP contribution in [0.25, 0.3) is 11.6 Å². The molecule has 31 heavy (non-hydrogen) atoms. The molecule has 0 saturated heterocycles. The van der Waals surface area contributed by atoms with E-state index in [1.165, 1.54) is 22.3 Å². The van der Waals surface area contributed by atoms with Crippen molar-refractivity contribution in [3.05, 3.63) is 82.2 Å². The summed E-state index contributed by atoms with van der Waals surface area (Å²) in [7, 11) is 0. The minimum atomic E-state index is -0.403. The number of terminal acetylenes is 1. The second-order valence-corrected chi connectivity index (χ2v) is 9.31. The molecule has 0 bridgehead atoms. The van der Waals surface area contributed by atoms with Gasteiger partial charge < -0.3 is 0 Å². The molecule has 0 aromatic heterocycles. The van der Waals surface area contributed by atoms with Gasteiger partial charge in [0.2, 0.25) is 0 Å². The first-order chi connectivity index (χ1) is 14.6. The molecule has 3 rings (SSSR count). The Morgan fingerprint density at radius 3 is 2.42 bits per heavy atom. The molecule has 2 aliphatic carbocycles. The van der Waals surface area contributed by atoms with E-state index in [2.05, 4.69) is 97.4 Å². The Morgan fingerprint density at radius 1 is 1.23 bits per heavy atom. The largest absolute Gasteiger partial charge is 0.207 e. The van der Waals surface area contributed by atoms with Crippen LogP contribution in [0, 0.1) is 31.1 Å². The smallest absolute Gasteiger partial charge is 0.123 e. The number of benzene rings is 1. The SMILES string of the molecule is C#C.C=C1C2=C(C(F)=CCC2C(C)(C=CC)CC)C(C)(C)c2ccc(C)c(/C=C\C)c21. The molecular formula is C30H37F. The third-order valence-corrected chi connectivity index (χ3v) is 7.22. The van der Waals surface area contributed by atoms with E-state index in [0.29, 0.717) is 6.42 Å². The maximum atomic E-state index is 15.4. The number of fused-ring (bicyclic) bond motifs is 1. The zero-order chi connectivity index (χ0) is 23.6. The van der Waals surface area contributed by atoms with Gasteiger partial charge in [-0.15, -0.1) is 12.8 Å². The lowest BCUT2D eigenvalue weighted by atomic mass is 9.57. The fourth-order valence-electron chi connectivity index (χ4n) is 5.42. The Kier molecular flexibility index (Phi) is 7.38. The van der Waals surface area contributed by atoms with Crippen LogP contribution in [0.4, 0.5) is 4.39 Å². The summed E-state index contributed by atoms with van der Waals surface area (Å²) in [6.45, 7) is 19.7. The molecule has 0 amide bonds. The molecule has 0 radical (unpaired) electrons. The first-order valence-electron chi connectivity index (χ1n) is 11.2. The lowest BCUT2D eigenvalue weighted by Crippen LogP contribution is -2.36. The summed E-state index contributed by atoms with van der Waals surface area (Å²) in [6, 6.07) is 4.33. The average Bonchev–Trinajstić information content (AvgIpc) is 2.74. The Balaban J connectivity index is 0.00000166. The van der Waals surface area contributed by atoms with Crippen LogP contribution in [0.5, 0.6) is 0 Å². The van der Waals surface area contributed by atoms with Gasteiger partial charge in [-0.2, -0.15) is 0 Å². The summed E-state index contributed by atoms with van der Waals surface area (Å²) in [5.74, 6) is 0.150. The monoisotopic (exact) mass is 416 g/mol. The Bertz CT molecular complexity index is 1010. The molecule has 0 N–H and O–H groups in total. The van der Waals surface area contributed by atoms with Gasteiger partial charge in [-0.3, -0.25) is 0 Å². The van der Waals surface area contributed by atoms with Crippen LogP contribution in [-0.2, 0) is 5.41 Å². The summed E-state index contributed by atoms with van der Waals surface area (Å²) in [5.41, 5.74) is 7.35. The van der Waals surface area contributed by atoms with Crippen molar-refractivity contribution in [2.24, 2.45) is 11.3 Å². The van der Waals surface area contributed by atoms with E-state index in [4.69, 9.17) is 0 Å². The predicted octanol–water partition coefficient (Wildman–Crippen LogP) is 8.74. The number of allylic oxidation sites excluding steroid dienone is 8. The number of aryl methyl sites for hydroxylation is 1. The minimum absolute atomic E-state index is 0.0341. The van der Waals surface area contributed by atoms with Gasteiger partial charge in [0.1, 0.15) is 5.83 Å². The molecule has 0 saturated carbocycles. The normalized spacial score (nSPS) is 21.8. The van der Waals surface area contributed by atoms with E-state index in [1.807, 2.05) is 13.0 Å². The topological polar surface area (TPSA) is 0 Å². The number of hydrogen-bond acceptors (Lipinski definition) is 0. The van der Waals surface area contributed by atoms with Crippen molar-refractivity contribution in [2.45, 2.75) is 66.7 Å². The highest BCUT2D eigenvalue weighted by Gasteiger charge is 2.46. The standard InChI is InChI=1S/C28H35F.C2H2/c1-9-12-20-18(4)13-14-21-24(20)19(5)25-22(28(8,11-3)17-10-2)15-16-23(29)26(25)27(21,6)7;1-2/h9-10,12-14,16-17,22H,5,11,15H2,1-4,6-8H3;1-2H/b12-9-,17-10?;. The first-order valence-corrected chi connectivity index (χ1v) is 11.2. The maximum Gasteiger partial charge on any atom is 0.123 e. The maximum absolute atomic E-state index is 15.4. The number of hydrogen-bond donors (Lipinski definition) is 0. The van der Waals surface area contributed by atoms with Crippen molar-refractivity contribution >= 4 is 11.6 Å². The fraction of sp³-hybridized carbons (Fsp3) is 0.400. The third kappa shape index (κ3) is 3.89. The quantitative estimate of drug-likeness (QED) is 0.340. The molecule has 1 aromatic rings. The molecule has 0 aliphatic heterocycles. The molecule has 2 atom stereocenters. The molecule has 0 spiro atoms. The van der Waals surface area contributed by atoms with Crippen LogP contribution in [0.3, 0.4) is 0 Å². The molecule has 1 heteroatoms. The van der Waals surface area contributed by atoms with Gasteiger partial charge in [-0.25, -0.2) is 4.39 Å². The Morgan fingerprint density at radius 2 is 1.87 bits per heavy atom. The van der Waals surface area contributed by atoms with E-state index < -0.39 is 5.41 Å². The molecular weight excluding hydrogens is 379 g/mol. The Hall–Kier alpha value is -2.59. The molecule has 0 fully saturated rings. The number of halogens is 1. The summed E-state index contributed by atoms with van der Waals surface area (Å²) in [4.78, 5) is 0.